The van der Waals surface area contributed by atoms with Crippen LogP contribution in [0.2, 0.25) is 0 Å². The molecule has 2 saturated carbocycles. The third-order valence-electron chi connectivity index (χ3n) is 7.05. The average Bonchev–Trinajstić information content (AvgIpc) is 3.69. The lowest BCUT2D eigenvalue weighted by Crippen LogP contribution is -2.54. The summed E-state index contributed by atoms with van der Waals surface area (Å²) in [6.45, 7) is 7.26. The normalized spacial score (nSPS) is 17.7. The number of aryl methyl sites for hydroxylation is 1. The molecule has 2 atom stereocenters. The highest BCUT2D eigenvalue weighted by atomic mass is 16.6. The van der Waals surface area contributed by atoms with Crippen molar-refractivity contribution in [2.24, 2.45) is 5.73 Å². The van der Waals surface area contributed by atoms with Gasteiger partial charge in [0.15, 0.2) is 0 Å². The van der Waals surface area contributed by atoms with Gasteiger partial charge in [-0.3, -0.25) is 14.4 Å². The van der Waals surface area contributed by atoms with Gasteiger partial charge in [-0.2, -0.15) is 0 Å². The number of carbonyl (C=O) groups is 4. The van der Waals surface area contributed by atoms with Gasteiger partial charge in [0.05, 0.1) is 0 Å². The first kappa shape index (κ1) is 29.5. The molecular formula is C29H44N4O5. The molecule has 2 fully saturated rings. The van der Waals surface area contributed by atoms with Crippen LogP contribution in [-0.4, -0.2) is 52.4 Å². The highest BCUT2D eigenvalue weighted by molar-refractivity contribution is 5.93. The van der Waals surface area contributed by atoms with Gasteiger partial charge in [0.2, 0.25) is 17.7 Å². The summed E-state index contributed by atoms with van der Waals surface area (Å²) in [7, 11) is 0. The molecule has 0 aliphatic heterocycles. The molecule has 2 aliphatic carbocycles. The van der Waals surface area contributed by atoms with Gasteiger partial charge in [-0.05, 0) is 70.4 Å². The average molecular weight is 529 g/mol. The summed E-state index contributed by atoms with van der Waals surface area (Å²) in [5, 5.41) is 5.85. The van der Waals surface area contributed by atoms with Crippen molar-refractivity contribution in [3.05, 3.63) is 35.4 Å². The van der Waals surface area contributed by atoms with E-state index in [9.17, 15) is 19.2 Å². The van der Waals surface area contributed by atoms with Crippen LogP contribution >= 0.6 is 0 Å². The lowest BCUT2D eigenvalue weighted by Gasteiger charge is -2.36. The molecule has 2 aliphatic rings. The van der Waals surface area contributed by atoms with E-state index in [1.54, 1.807) is 25.7 Å². The van der Waals surface area contributed by atoms with Crippen molar-refractivity contribution in [2.45, 2.75) is 122 Å². The second-order valence-corrected chi connectivity index (χ2v) is 11.5. The van der Waals surface area contributed by atoms with E-state index >= 15 is 0 Å². The number of carbonyl (C=O) groups excluding carboxylic acids is 4. The number of hydrogen-bond acceptors (Lipinski definition) is 5. The standard InChI is InChI=1S/C29H44N4O5/c1-5-19-11-13-20(14-12-19)25(26(35)31-21-9-7-6-8-10-21)33(22-15-16-22)27(36)23(17-18-24(30)34)32-28(37)38-29(2,3)4/h11-14,21-23,25H,5-10,15-18H2,1-4H3,(H2,30,34)(H,31,35)(H,32,37). The Labute approximate surface area is 226 Å². The molecular weight excluding hydrogens is 484 g/mol. The highest BCUT2D eigenvalue weighted by Crippen LogP contribution is 2.36. The Morgan fingerprint density at radius 1 is 1.03 bits per heavy atom. The van der Waals surface area contributed by atoms with E-state index in [2.05, 4.69) is 17.6 Å². The summed E-state index contributed by atoms with van der Waals surface area (Å²) in [6.07, 6.45) is 6.71. The Morgan fingerprint density at radius 3 is 2.18 bits per heavy atom. The lowest BCUT2D eigenvalue weighted by molar-refractivity contribution is -0.143. The van der Waals surface area contributed by atoms with Gasteiger partial charge in [0.1, 0.15) is 17.7 Å². The van der Waals surface area contributed by atoms with E-state index in [4.69, 9.17) is 10.5 Å². The van der Waals surface area contributed by atoms with Crippen molar-refractivity contribution in [1.29, 1.82) is 0 Å². The summed E-state index contributed by atoms with van der Waals surface area (Å²) in [5.41, 5.74) is 6.48. The Balaban J connectivity index is 1.93. The van der Waals surface area contributed by atoms with E-state index < -0.39 is 35.6 Å². The SMILES string of the molecule is CCc1ccc(C(C(=O)NC2CCCCC2)N(C(=O)C(CCC(N)=O)NC(=O)OC(C)(C)C)C2CC2)cc1. The van der Waals surface area contributed by atoms with Crippen LogP contribution in [0.15, 0.2) is 24.3 Å². The molecule has 2 unspecified atom stereocenters. The Morgan fingerprint density at radius 2 is 1.66 bits per heavy atom. The molecule has 9 heteroatoms. The Bertz CT molecular complexity index is 978. The number of ether oxygens (including phenoxy) is 1. The van der Waals surface area contributed by atoms with E-state index in [0.717, 1.165) is 56.1 Å². The Kier molecular flexibility index (Phi) is 10.2. The summed E-state index contributed by atoms with van der Waals surface area (Å²) < 4.78 is 5.38. The van der Waals surface area contributed by atoms with Gasteiger partial charge >= 0.3 is 6.09 Å². The molecule has 0 spiro atoms. The largest absolute Gasteiger partial charge is 0.444 e. The summed E-state index contributed by atoms with van der Waals surface area (Å²) in [6, 6.07) is 5.82. The summed E-state index contributed by atoms with van der Waals surface area (Å²) in [4.78, 5) is 53.8. The van der Waals surface area contributed by atoms with Crippen molar-refractivity contribution >= 4 is 23.8 Å². The Hall–Kier alpha value is -3.10. The first-order valence-corrected chi connectivity index (χ1v) is 14.0. The van der Waals surface area contributed by atoms with Gasteiger partial charge in [0, 0.05) is 18.5 Å². The molecule has 0 aromatic heterocycles. The maximum absolute atomic E-state index is 14.1. The zero-order chi connectivity index (χ0) is 27.9. The number of nitrogens with zero attached hydrogens (tertiary/aromatic N) is 1. The number of alkyl carbamates (subject to hydrolysis) is 1. The van der Waals surface area contributed by atoms with E-state index in [0.29, 0.717) is 0 Å². The monoisotopic (exact) mass is 528 g/mol. The highest BCUT2D eigenvalue weighted by Gasteiger charge is 2.44. The first-order valence-electron chi connectivity index (χ1n) is 14.0. The topological polar surface area (TPSA) is 131 Å². The quantitative estimate of drug-likeness (QED) is 0.401. The molecule has 9 nitrogen and oxygen atoms in total. The van der Waals surface area contributed by atoms with Crippen molar-refractivity contribution in [3.63, 3.8) is 0 Å². The smallest absolute Gasteiger partial charge is 0.408 e. The first-order chi connectivity index (χ1) is 18.0. The number of rotatable bonds is 11. The van der Waals surface area contributed by atoms with Crippen molar-refractivity contribution in [1.82, 2.24) is 15.5 Å². The third-order valence-corrected chi connectivity index (χ3v) is 7.05. The molecule has 0 heterocycles. The number of nitrogens with one attached hydrogen (secondary N) is 2. The van der Waals surface area contributed by atoms with E-state index in [1.807, 2.05) is 24.3 Å². The fraction of sp³-hybridized carbons (Fsp3) is 0.655. The van der Waals surface area contributed by atoms with Crippen LogP contribution < -0.4 is 16.4 Å². The van der Waals surface area contributed by atoms with Crippen molar-refractivity contribution in [3.8, 4) is 0 Å². The van der Waals surface area contributed by atoms with E-state index in [1.165, 1.54) is 6.42 Å². The summed E-state index contributed by atoms with van der Waals surface area (Å²) >= 11 is 0. The lowest BCUT2D eigenvalue weighted by atomic mass is 9.94. The van der Waals surface area contributed by atoms with Crippen LogP contribution in [0.3, 0.4) is 0 Å². The zero-order valence-electron chi connectivity index (χ0n) is 23.3. The number of primary amides is 1. The molecule has 4 N–H and O–H groups in total. The molecule has 1 aromatic carbocycles. The van der Waals surface area contributed by atoms with Gasteiger partial charge < -0.3 is 26.0 Å². The fourth-order valence-corrected chi connectivity index (χ4v) is 4.95. The van der Waals surface area contributed by atoms with Crippen LogP contribution in [0, 0.1) is 0 Å². The minimum Gasteiger partial charge on any atom is -0.444 e. The molecule has 4 amide bonds. The second kappa shape index (κ2) is 13.1. The molecule has 3 rings (SSSR count). The summed E-state index contributed by atoms with van der Waals surface area (Å²) in [5.74, 6) is -1.20. The van der Waals surface area contributed by atoms with Crippen molar-refractivity contribution < 1.29 is 23.9 Å². The molecule has 0 bridgehead atoms. The van der Waals surface area contributed by atoms with Gasteiger partial charge in [-0.25, -0.2) is 4.79 Å². The van der Waals surface area contributed by atoms with Crippen LogP contribution in [0.25, 0.3) is 0 Å². The predicted molar refractivity (Wildman–Crippen MR) is 145 cm³/mol. The van der Waals surface area contributed by atoms with Gasteiger partial charge in [-0.1, -0.05) is 50.5 Å². The molecule has 0 saturated heterocycles. The second-order valence-electron chi connectivity index (χ2n) is 11.5. The van der Waals surface area contributed by atoms with Crippen LogP contribution in [0.4, 0.5) is 4.79 Å². The van der Waals surface area contributed by atoms with Gasteiger partial charge in [-0.15, -0.1) is 0 Å². The maximum Gasteiger partial charge on any atom is 0.408 e. The third kappa shape index (κ3) is 8.74. The van der Waals surface area contributed by atoms with Crippen LogP contribution in [0.5, 0.6) is 0 Å². The molecule has 0 radical (unpaired) electrons. The number of benzene rings is 1. The predicted octanol–water partition coefficient (Wildman–Crippen LogP) is 3.89. The van der Waals surface area contributed by atoms with Crippen LogP contribution in [0.1, 0.15) is 103 Å². The van der Waals surface area contributed by atoms with Crippen LogP contribution in [-0.2, 0) is 25.5 Å². The molecule has 38 heavy (non-hydrogen) atoms. The molecule has 1 aromatic rings. The van der Waals surface area contributed by atoms with Crippen molar-refractivity contribution in [2.75, 3.05) is 0 Å². The van der Waals surface area contributed by atoms with E-state index in [-0.39, 0.29) is 30.8 Å². The zero-order valence-corrected chi connectivity index (χ0v) is 23.3. The maximum atomic E-state index is 14.1. The van der Waals surface area contributed by atoms with Gasteiger partial charge in [0.25, 0.3) is 0 Å². The fourth-order valence-electron chi connectivity index (χ4n) is 4.95. The number of amides is 4. The minimum atomic E-state index is -1.06. The number of hydrogen-bond donors (Lipinski definition) is 3. The minimum absolute atomic E-state index is 0.0162. The number of nitrogens with two attached hydrogens (primary N) is 1. The molecule has 210 valence electrons.